The highest BCUT2D eigenvalue weighted by atomic mass is 35.5. The normalized spacial score (nSPS) is 11.6. The van der Waals surface area contributed by atoms with Crippen molar-refractivity contribution < 1.29 is 22.5 Å². The molecule has 2 rings (SSSR count). The highest BCUT2D eigenvalue weighted by Crippen LogP contribution is 2.33. The number of carbonyl (C=O) groups is 1. The summed E-state index contributed by atoms with van der Waals surface area (Å²) in [6, 6.07) is 3.93. The number of hydrogen-bond acceptors (Lipinski definition) is 4. The van der Waals surface area contributed by atoms with E-state index in [1.165, 1.54) is 19.1 Å². The maximum absolute atomic E-state index is 14.0. The van der Waals surface area contributed by atoms with E-state index in [1.807, 2.05) is 5.32 Å². The smallest absolute Gasteiger partial charge is 0.277 e. The summed E-state index contributed by atoms with van der Waals surface area (Å²) in [5.74, 6) is -4.80. The summed E-state index contributed by atoms with van der Waals surface area (Å²) in [6.07, 6.45) is 0. The minimum absolute atomic E-state index is 0.0136. The van der Waals surface area contributed by atoms with Crippen molar-refractivity contribution in [2.45, 2.75) is 12.8 Å². The zero-order valence-corrected chi connectivity index (χ0v) is 12.8. The van der Waals surface area contributed by atoms with Crippen molar-refractivity contribution in [1.82, 2.24) is 10.5 Å². The summed E-state index contributed by atoms with van der Waals surface area (Å²) in [6.45, 7) is -0.472. The molecule has 0 spiro atoms. The Hall–Kier alpha value is -2.06. The van der Waals surface area contributed by atoms with Gasteiger partial charge in [-0.15, -0.1) is 0 Å². The second-order valence-corrected chi connectivity index (χ2v) is 5.21. The number of aryl methyl sites for hydroxylation is 1. The fourth-order valence-electron chi connectivity index (χ4n) is 1.90. The van der Waals surface area contributed by atoms with Gasteiger partial charge in [0.15, 0.2) is 0 Å². The van der Waals surface area contributed by atoms with E-state index in [9.17, 15) is 18.0 Å². The van der Waals surface area contributed by atoms with Crippen LogP contribution in [0.3, 0.4) is 0 Å². The molecule has 1 amide bonds. The van der Waals surface area contributed by atoms with E-state index in [1.54, 1.807) is 0 Å². The van der Waals surface area contributed by atoms with Crippen LogP contribution in [0.5, 0.6) is 0 Å². The molecular weight excluding hydrogens is 335 g/mol. The van der Waals surface area contributed by atoms with Gasteiger partial charge in [0.2, 0.25) is 0 Å². The van der Waals surface area contributed by atoms with Gasteiger partial charge in [-0.25, -0.2) is 13.2 Å². The molecule has 0 saturated heterocycles. The van der Waals surface area contributed by atoms with Crippen molar-refractivity contribution in [1.29, 1.82) is 0 Å². The Labute approximate surface area is 134 Å². The zero-order chi connectivity index (χ0) is 17.2. The predicted octanol–water partition coefficient (Wildman–Crippen LogP) is 2.77. The van der Waals surface area contributed by atoms with E-state index in [0.29, 0.717) is 0 Å². The van der Waals surface area contributed by atoms with Crippen molar-refractivity contribution in [3.05, 3.63) is 40.4 Å². The Morgan fingerprint density at radius 1 is 1.48 bits per heavy atom. The molecule has 1 aromatic heterocycles. The van der Waals surface area contributed by atoms with Crippen LogP contribution in [0.25, 0.3) is 11.3 Å². The van der Waals surface area contributed by atoms with Crippen LogP contribution >= 0.6 is 11.6 Å². The quantitative estimate of drug-likeness (QED) is 0.871. The van der Waals surface area contributed by atoms with Crippen molar-refractivity contribution in [3.8, 4) is 11.3 Å². The second-order valence-electron chi connectivity index (χ2n) is 4.80. The third kappa shape index (κ3) is 3.65. The lowest BCUT2D eigenvalue weighted by Crippen LogP contribution is -2.41. The van der Waals surface area contributed by atoms with Crippen LogP contribution in [0.15, 0.2) is 22.7 Å². The largest absolute Gasteiger partial charge is 0.360 e. The van der Waals surface area contributed by atoms with Gasteiger partial charge in [0.25, 0.3) is 11.8 Å². The highest BCUT2D eigenvalue weighted by molar-refractivity contribution is 6.33. The molecule has 124 valence electrons. The number of hydrogen-bond donors (Lipinski definition) is 2. The third-order valence-electron chi connectivity index (χ3n) is 3.10. The molecular formula is C14H13ClF3N3O2. The summed E-state index contributed by atoms with van der Waals surface area (Å²) in [7, 11) is 0. The molecule has 0 aliphatic rings. The van der Waals surface area contributed by atoms with E-state index >= 15 is 0 Å². The lowest BCUT2D eigenvalue weighted by atomic mass is 10.0. The number of halogens is 4. The molecule has 1 aromatic carbocycles. The van der Waals surface area contributed by atoms with Crippen LogP contribution in [0.1, 0.15) is 16.1 Å². The minimum Gasteiger partial charge on any atom is -0.360 e. The molecule has 0 saturated carbocycles. The number of nitrogens with two attached hydrogens (primary N) is 1. The fourth-order valence-corrected chi connectivity index (χ4v) is 2.16. The Bertz CT molecular complexity index is 714. The summed E-state index contributed by atoms with van der Waals surface area (Å²) in [5.41, 5.74) is 4.45. The minimum atomic E-state index is -3.25. The van der Waals surface area contributed by atoms with Gasteiger partial charge < -0.3 is 15.6 Å². The number of nitrogens with zero attached hydrogens (tertiary/aromatic N) is 1. The van der Waals surface area contributed by atoms with E-state index in [-0.39, 0.29) is 27.6 Å². The topological polar surface area (TPSA) is 81.2 Å². The fraction of sp³-hybridized carbons (Fsp3) is 0.286. The molecule has 0 bridgehead atoms. The van der Waals surface area contributed by atoms with Gasteiger partial charge in [0.1, 0.15) is 22.8 Å². The number of amides is 1. The maximum atomic E-state index is 14.0. The average molecular weight is 348 g/mol. The molecule has 23 heavy (non-hydrogen) atoms. The summed E-state index contributed by atoms with van der Waals surface area (Å²) < 4.78 is 45.2. The Balaban J connectivity index is 2.38. The molecule has 9 heteroatoms. The van der Waals surface area contributed by atoms with Gasteiger partial charge in [-0.3, -0.25) is 4.79 Å². The van der Waals surface area contributed by atoms with E-state index in [4.69, 9.17) is 21.9 Å². The first-order valence-corrected chi connectivity index (χ1v) is 6.91. The van der Waals surface area contributed by atoms with E-state index in [2.05, 4.69) is 5.16 Å². The maximum Gasteiger partial charge on any atom is 0.277 e. The molecule has 0 aliphatic carbocycles. The van der Waals surface area contributed by atoms with Crippen LogP contribution in [-0.2, 0) is 0 Å². The Morgan fingerprint density at radius 3 is 2.78 bits per heavy atom. The van der Waals surface area contributed by atoms with Gasteiger partial charge in [-0.1, -0.05) is 22.8 Å². The van der Waals surface area contributed by atoms with E-state index in [0.717, 1.165) is 6.07 Å². The van der Waals surface area contributed by atoms with Crippen LogP contribution in [0.2, 0.25) is 5.02 Å². The molecule has 2 aromatic rings. The Morgan fingerprint density at radius 2 is 2.17 bits per heavy atom. The number of nitrogens with one attached hydrogen (secondary N) is 1. The first-order chi connectivity index (χ1) is 10.8. The number of rotatable bonds is 5. The lowest BCUT2D eigenvalue weighted by Gasteiger charge is -2.14. The molecule has 0 radical (unpaired) electrons. The number of aromatic nitrogens is 1. The highest BCUT2D eigenvalue weighted by Gasteiger charge is 2.30. The van der Waals surface area contributed by atoms with Gasteiger partial charge in [-0.2, -0.15) is 0 Å². The number of alkyl halides is 2. The summed E-state index contributed by atoms with van der Waals surface area (Å²) >= 11 is 5.93. The molecule has 0 aliphatic heterocycles. The number of carbonyl (C=O) groups excluding carboxylic acids is 1. The van der Waals surface area contributed by atoms with Crippen molar-refractivity contribution in [3.63, 3.8) is 0 Å². The van der Waals surface area contributed by atoms with Gasteiger partial charge in [-0.05, 0) is 19.1 Å². The molecule has 0 unspecified atom stereocenters. The number of benzene rings is 1. The second kappa shape index (κ2) is 6.59. The van der Waals surface area contributed by atoms with Gasteiger partial charge in [0.05, 0.1) is 23.7 Å². The van der Waals surface area contributed by atoms with Gasteiger partial charge in [0, 0.05) is 0 Å². The Kier molecular flexibility index (Phi) is 4.96. The molecule has 0 atom stereocenters. The predicted molar refractivity (Wildman–Crippen MR) is 78.0 cm³/mol. The van der Waals surface area contributed by atoms with Crippen LogP contribution in [-0.4, -0.2) is 30.1 Å². The average Bonchev–Trinajstić information content (AvgIpc) is 2.86. The third-order valence-corrected chi connectivity index (χ3v) is 3.41. The van der Waals surface area contributed by atoms with Crippen LogP contribution in [0, 0.1) is 12.7 Å². The van der Waals surface area contributed by atoms with Crippen molar-refractivity contribution in [2.75, 3.05) is 13.1 Å². The molecule has 5 nitrogen and oxygen atoms in total. The van der Waals surface area contributed by atoms with Crippen molar-refractivity contribution >= 4 is 17.5 Å². The first-order valence-electron chi connectivity index (χ1n) is 6.53. The monoisotopic (exact) mass is 347 g/mol. The van der Waals surface area contributed by atoms with Crippen LogP contribution in [0.4, 0.5) is 13.2 Å². The zero-order valence-electron chi connectivity index (χ0n) is 12.0. The summed E-state index contributed by atoms with van der Waals surface area (Å²) in [5, 5.41) is 5.67. The van der Waals surface area contributed by atoms with Gasteiger partial charge >= 0.3 is 0 Å². The first kappa shape index (κ1) is 17.3. The molecule has 1 heterocycles. The standard InChI is InChI=1S/C14H13ClF3N3O2/c1-7-10(13(22)20-6-14(17,18)5-19)12(21-23-7)11-8(15)3-2-4-9(11)16/h2-4H,5-6,19H2,1H3,(H,20,22). The summed E-state index contributed by atoms with van der Waals surface area (Å²) in [4.78, 5) is 12.2. The SMILES string of the molecule is Cc1onc(-c2c(F)cccc2Cl)c1C(=O)NCC(F)(F)CN. The van der Waals surface area contributed by atoms with E-state index < -0.39 is 30.7 Å². The van der Waals surface area contributed by atoms with Crippen LogP contribution < -0.4 is 11.1 Å². The molecule has 3 N–H and O–H groups in total. The lowest BCUT2D eigenvalue weighted by molar-refractivity contribution is 0.0118. The van der Waals surface area contributed by atoms with Crippen molar-refractivity contribution in [2.24, 2.45) is 5.73 Å². The molecule has 0 fully saturated rings.